The first-order valence-corrected chi connectivity index (χ1v) is 8.49. The van der Waals surface area contributed by atoms with Gasteiger partial charge in [-0.15, -0.1) is 15.3 Å². The molecular formula is C15H17ClN8O. The summed E-state index contributed by atoms with van der Waals surface area (Å²) in [5, 5.41) is 22.2. The minimum absolute atomic E-state index is 0.0292. The molecule has 0 saturated carbocycles. The molecule has 1 aliphatic heterocycles. The summed E-state index contributed by atoms with van der Waals surface area (Å²) in [6, 6.07) is 3.82. The number of aromatic amines is 1. The monoisotopic (exact) mass is 360 g/mol. The lowest BCUT2D eigenvalue weighted by molar-refractivity contribution is 0.0939. The Morgan fingerprint density at radius 3 is 3.20 bits per heavy atom. The molecule has 130 valence electrons. The number of nitrogens with one attached hydrogen (secondary N) is 2. The Kier molecular flexibility index (Phi) is 4.00. The number of H-pyrrole nitrogens is 1. The van der Waals surface area contributed by atoms with E-state index in [1.165, 1.54) is 0 Å². The number of halogens is 1. The minimum atomic E-state index is -0.190. The second-order valence-electron chi connectivity index (χ2n) is 5.95. The van der Waals surface area contributed by atoms with Crippen LogP contribution in [-0.4, -0.2) is 55.0 Å². The average Bonchev–Trinajstić information content (AvgIpc) is 3.32. The fourth-order valence-corrected chi connectivity index (χ4v) is 3.31. The normalized spacial score (nSPS) is 17.4. The summed E-state index contributed by atoms with van der Waals surface area (Å²) < 4.78 is 1.64. The highest BCUT2D eigenvalue weighted by molar-refractivity contribution is 6.32. The van der Waals surface area contributed by atoms with Crippen molar-refractivity contribution in [2.75, 3.05) is 18.0 Å². The summed E-state index contributed by atoms with van der Waals surface area (Å²) in [5.74, 6) is 0.643. The molecular weight excluding hydrogens is 344 g/mol. The smallest absolute Gasteiger partial charge is 0.256 e. The van der Waals surface area contributed by atoms with Gasteiger partial charge in [0.25, 0.3) is 5.91 Å². The van der Waals surface area contributed by atoms with E-state index in [1.807, 2.05) is 19.1 Å². The maximum absolute atomic E-state index is 12.5. The Morgan fingerprint density at radius 2 is 2.36 bits per heavy atom. The molecule has 0 radical (unpaired) electrons. The fourth-order valence-electron chi connectivity index (χ4n) is 3.07. The SMILES string of the molecule is CCc1[nH]nc(Cl)c1C(=O)NC1CCN(c2ccc3nncn3n2)C1. The Balaban J connectivity index is 1.45. The van der Waals surface area contributed by atoms with Gasteiger partial charge in [0.1, 0.15) is 12.1 Å². The lowest BCUT2D eigenvalue weighted by atomic mass is 10.1. The number of aromatic nitrogens is 6. The van der Waals surface area contributed by atoms with E-state index >= 15 is 0 Å². The number of aryl methyl sites for hydroxylation is 1. The van der Waals surface area contributed by atoms with Crippen molar-refractivity contribution in [3.8, 4) is 0 Å². The van der Waals surface area contributed by atoms with Gasteiger partial charge in [-0.3, -0.25) is 9.89 Å². The summed E-state index contributed by atoms with van der Waals surface area (Å²) in [5.41, 5.74) is 1.89. The molecule has 0 aliphatic carbocycles. The number of anilines is 1. The van der Waals surface area contributed by atoms with Crippen molar-refractivity contribution in [3.63, 3.8) is 0 Å². The van der Waals surface area contributed by atoms with E-state index in [0.29, 0.717) is 24.2 Å². The first-order chi connectivity index (χ1) is 12.2. The average molecular weight is 361 g/mol. The lowest BCUT2D eigenvalue weighted by Gasteiger charge is -2.17. The van der Waals surface area contributed by atoms with Crippen LogP contribution in [0.3, 0.4) is 0 Å². The molecule has 0 aromatic carbocycles. The summed E-state index contributed by atoms with van der Waals surface area (Å²) >= 11 is 6.04. The number of hydrogen-bond acceptors (Lipinski definition) is 6. The van der Waals surface area contributed by atoms with Crippen LogP contribution in [0.1, 0.15) is 29.4 Å². The Hall–Kier alpha value is -2.68. The molecule has 1 saturated heterocycles. The number of hydrogen-bond donors (Lipinski definition) is 2. The van der Waals surface area contributed by atoms with Gasteiger partial charge in [0.15, 0.2) is 10.8 Å². The lowest BCUT2D eigenvalue weighted by Crippen LogP contribution is -2.37. The number of nitrogens with zero attached hydrogens (tertiary/aromatic N) is 6. The molecule has 25 heavy (non-hydrogen) atoms. The molecule has 0 spiro atoms. The summed E-state index contributed by atoms with van der Waals surface area (Å²) in [6.07, 6.45) is 3.08. The van der Waals surface area contributed by atoms with Crippen molar-refractivity contribution in [2.45, 2.75) is 25.8 Å². The highest BCUT2D eigenvalue weighted by Crippen LogP contribution is 2.21. The Bertz CT molecular complexity index is 919. The molecule has 9 nitrogen and oxygen atoms in total. The zero-order chi connectivity index (χ0) is 17.4. The van der Waals surface area contributed by atoms with Crippen LogP contribution in [0, 0.1) is 0 Å². The van der Waals surface area contributed by atoms with Gasteiger partial charge < -0.3 is 10.2 Å². The predicted molar refractivity (Wildman–Crippen MR) is 91.8 cm³/mol. The molecule has 4 heterocycles. The zero-order valence-corrected chi connectivity index (χ0v) is 14.4. The highest BCUT2D eigenvalue weighted by Gasteiger charge is 2.27. The van der Waals surface area contributed by atoms with E-state index in [1.54, 1.807) is 10.8 Å². The van der Waals surface area contributed by atoms with Crippen LogP contribution in [0.5, 0.6) is 0 Å². The molecule has 1 amide bonds. The maximum Gasteiger partial charge on any atom is 0.256 e. The van der Waals surface area contributed by atoms with Gasteiger partial charge >= 0.3 is 0 Å². The fraction of sp³-hybridized carbons (Fsp3) is 0.400. The van der Waals surface area contributed by atoms with Gasteiger partial charge in [0.05, 0.1) is 5.56 Å². The van der Waals surface area contributed by atoms with Crippen molar-refractivity contribution in [2.24, 2.45) is 0 Å². The van der Waals surface area contributed by atoms with E-state index in [2.05, 4.69) is 35.7 Å². The minimum Gasteiger partial charge on any atom is -0.353 e. The first-order valence-electron chi connectivity index (χ1n) is 8.11. The molecule has 3 aromatic rings. The first kappa shape index (κ1) is 15.8. The van der Waals surface area contributed by atoms with Crippen LogP contribution >= 0.6 is 11.6 Å². The van der Waals surface area contributed by atoms with E-state index < -0.39 is 0 Å². The summed E-state index contributed by atoms with van der Waals surface area (Å²) in [7, 11) is 0. The molecule has 1 fully saturated rings. The van der Waals surface area contributed by atoms with Gasteiger partial charge in [-0.1, -0.05) is 18.5 Å². The van der Waals surface area contributed by atoms with Crippen LogP contribution in [0.25, 0.3) is 5.65 Å². The van der Waals surface area contributed by atoms with Crippen molar-refractivity contribution in [1.29, 1.82) is 0 Å². The molecule has 4 rings (SSSR count). The van der Waals surface area contributed by atoms with Crippen molar-refractivity contribution in [3.05, 3.63) is 34.9 Å². The van der Waals surface area contributed by atoms with E-state index in [-0.39, 0.29) is 17.1 Å². The van der Waals surface area contributed by atoms with Crippen molar-refractivity contribution >= 4 is 29.0 Å². The standard InChI is InChI=1S/C15H17ClN8O/c1-2-10-13(14(16)21-19-10)15(25)18-9-5-6-23(7-9)12-4-3-11-20-17-8-24(11)22-12/h3-4,8-9H,2,5-7H2,1H3,(H,18,25)(H,19,21). The number of carbonyl (C=O) groups excluding carboxylic acids is 1. The molecule has 1 atom stereocenters. The third-order valence-corrected chi connectivity index (χ3v) is 4.65. The Morgan fingerprint density at radius 1 is 1.48 bits per heavy atom. The van der Waals surface area contributed by atoms with Gasteiger partial charge in [-0.2, -0.15) is 9.61 Å². The van der Waals surface area contributed by atoms with E-state index in [0.717, 1.165) is 24.5 Å². The largest absolute Gasteiger partial charge is 0.353 e. The third kappa shape index (κ3) is 2.91. The second kappa shape index (κ2) is 6.32. The molecule has 3 aromatic heterocycles. The number of rotatable bonds is 4. The Labute approximate surface area is 148 Å². The quantitative estimate of drug-likeness (QED) is 0.721. The topological polar surface area (TPSA) is 104 Å². The highest BCUT2D eigenvalue weighted by atomic mass is 35.5. The number of carbonyl (C=O) groups is 1. The summed E-state index contributed by atoms with van der Waals surface area (Å²) in [4.78, 5) is 14.7. The molecule has 0 bridgehead atoms. The van der Waals surface area contributed by atoms with E-state index in [4.69, 9.17) is 11.6 Å². The molecule has 2 N–H and O–H groups in total. The maximum atomic E-state index is 12.5. The van der Waals surface area contributed by atoms with Crippen LogP contribution in [0.15, 0.2) is 18.5 Å². The predicted octanol–water partition coefficient (Wildman–Crippen LogP) is 1.07. The number of fused-ring (bicyclic) bond motifs is 1. The second-order valence-corrected chi connectivity index (χ2v) is 6.31. The van der Waals surface area contributed by atoms with Crippen LogP contribution in [0.2, 0.25) is 5.15 Å². The zero-order valence-electron chi connectivity index (χ0n) is 13.6. The third-order valence-electron chi connectivity index (χ3n) is 4.37. The van der Waals surface area contributed by atoms with Crippen molar-refractivity contribution < 1.29 is 4.79 Å². The van der Waals surface area contributed by atoms with Crippen LogP contribution in [0.4, 0.5) is 5.82 Å². The van der Waals surface area contributed by atoms with Gasteiger partial charge in [0, 0.05) is 24.8 Å². The van der Waals surface area contributed by atoms with Gasteiger partial charge in [-0.05, 0) is 25.0 Å². The molecule has 1 unspecified atom stereocenters. The molecule has 10 heteroatoms. The molecule has 1 aliphatic rings. The van der Waals surface area contributed by atoms with Crippen LogP contribution in [-0.2, 0) is 6.42 Å². The van der Waals surface area contributed by atoms with Gasteiger partial charge in [0.2, 0.25) is 0 Å². The van der Waals surface area contributed by atoms with Crippen LogP contribution < -0.4 is 10.2 Å². The number of amides is 1. The van der Waals surface area contributed by atoms with Gasteiger partial charge in [-0.25, -0.2) is 0 Å². The van der Waals surface area contributed by atoms with E-state index in [9.17, 15) is 4.79 Å². The summed E-state index contributed by atoms with van der Waals surface area (Å²) in [6.45, 7) is 3.44. The van der Waals surface area contributed by atoms with Crippen molar-refractivity contribution in [1.82, 2.24) is 35.3 Å².